The first kappa shape index (κ1) is 63.1. The van der Waals surface area contributed by atoms with Crippen LogP contribution in [-0.4, -0.2) is 37.2 Å². The minimum atomic E-state index is -0.765. The molecule has 0 bridgehead atoms. The Kier molecular flexibility index (Phi) is 53.2. The van der Waals surface area contributed by atoms with Crippen LogP contribution in [-0.2, 0) is 28.6 Å². The second kappa shape index (κ2) is 54.8. The Morgan fingerprint density at radius 3 is 0.769 bits per heavy atom. The van der Waals surface area contributed by atoms with Crippen molar-refractivity contribution in [2.24, 2.45) is 0 Å². The molecule has 0 fully saturated rings. The monoisotopic (exact) mass is 917 g/mol. The van der Waals surface area contributed by atoms with Crippen LogP contribution >= 0.6 is 0 Å². The number of allylic oxidation sites excluding steroid dienone is 2. The molecule has 0 saturated heterocycles. The first-order chi connectivity index (χ1) is 32.0. The number of carbonyl (C=O) groups excluding carboxylic acids is 3. The molecule has 0 aromatic heterocycles. The lowest BCUT2D eigenvalue weighted by Gasteiger charge is -2.18. The van der Waals surface area contributed by atoms with E-state index in [1.54, 1.807) is 0 Å². The number of carbonyl (C=O) groups is 3. The summed E-state index contributed by atoms with van der Waals surface area (Å²) in [5.74, 6) is -0.850. The first-order valence-electron chi connectivity index (χ1n) is 29.2. The van der Waals surface area contributed by atoms with Gasteiger partial charge in [-0.15, -0.1) is 0 Å². The van der Waals surface area contributed by atoms with Gasteiger partial charge >= 0.3 is 17.9 Å². The van der Waals surface area contributed by atoms with Gasteiger partial charge in [0.1, 0.15) is 13.2 Å². The number of rotatable bonds is 54. The van der Waals surface area contributed by atoms with Gasteiger partial charge in [0.05, 0.1) is 0 Å². The molecule has 0 aromatic rings. The van der Waals surface area contributed by atoms with Crippen LogP contribution < -0.4 is 0 Å². The van der Waals surface area contributed by atoms with Gasteiger partial charge in [0.15, 0.2) is 6.10 Å². The third kappa shape index (κ3) is 53.0. The van der Waals surface area contributed by atoms with Gasteiger partial charge < -0.3 is 14.2 Å². The normalized spacial score (nSPS) is 12.0. The van der Waals surface area contributed by atoms with E-state index in [9.17, 15) is 14.4 Å². The van der Waals surface area contributed by atoms with Crippen molar-refractivity contribution in [2.75, 3.05) is 13.2 Å². The fraction of sp³-hybridized carbons (Fsp3) is 0.915. The molecule has 0 rings (SSSR count). The number of hydrogen-bond acceptors (Lipinski definition) is 6. The molecule has 1 atom stereocenters. The molecule has 0 saturated carbocycles. The van der Waals surface area contributed by atoms with Crippen LogP contribution in [0.5, 0.6) is 0 Å². The summed E-state index contributed by atoms with van der Waals surface area (Å²) >= 11 is 0. The summed E-state index contributed by atoms with van der Waals surface area (Å²) in [4.78, 5) is 38.0. The predicted octanol–water partition coefficient (Wildman–Crippen LogP) is 19.3. The van der Waals surface area contributed by atoms with E-state index in [0.29, 0.717) is 19.3 Å². The largest absolute Gasteiger partial charge is 0.462 e. The van der Waals surface area contributed by atoms with Crippen LogP contribution in [0.3, 0.4) is 0 Å². The molecule has 1 unspecified atom stereocenters. The van der Waals surface area contributed by atoms with E-state index in [0.717, 1.165) is 57.8 Å². The zero-order chi connectivity index (χ0) is 47.2. The summed E-state index contributed by atoms with van der Waals surface area (Å²) in [6.07, 6.45) is 62.1. The van der Waals surface area contributed by atoms with E-state index in [1.165, 1.54) is 231 Å². The highest BCUT2D eigenvalue weighted by Crippen LogP contribution is 2.17. The minimum absolute atomic E-state index is 0.0660. The van der Waals surface area contributed by atoms with E-state index in [-0.39, 0.29) is 31.1 Å². The van der Waals surface area contributed by atoms with E-state index in [1.807, 2.05) is 0 Å². The van der Waals surface area contributed by atoms with Crippen molar-refractivity contribution in [3.05, 3.63) is 12.2 Å². The number of unbranched alkanes of at least 4 members (excludes halogenated alkanes) is 41. The molecular formula is C59H112O6. The maximum atomic E-state index is 12.8. The molecule has 6 heteroatoms. The molecule has 0 radical (unpaired) electrons. The summed E-state index contributed by atoms with van der Waals surface area (Å²) in [7, 11) is 0. The van der Waals surface area contributed by atoms with Crippen molar-refractivity contribution in [3.8, 4) is 0 Å². The van der Waals surface area contributed by atoms with Gasteiger partial charge in [-0.2, -0.15) is 0 Å². The summed E-state index contributed by atoms with van der Waals surface area (Å²) in [5, 5.41) is 0. The summed E-state index contributed by atoms with van der Waals surface area (Å²) in [5.41, 5.74) is 0. The van der Waals surface area contributed by atoms with Crippen molar-refractivity contribution in [2.45, 2.75) is 335 Å². The Labute approximate surface area is 405 Å². The average molecular weight is 918 g/mol. The topological polar surface area (TPSA) is 78.9 Å². The number of ether oxygens (including phenoxy) is 3. The standard InChI is InChI=1S/C59H112O6/c1-4-7-10-13-16-19-21-23-25-27-29-31-33-35-37-40-43-46-49-52-58(61)64-55-56(54-63-57(60)51-48-45-42-39-18-15-12-9-6-3)65-59(62)53-50-47-44-41-38-36-34-32-30-28-26-24-22-20-17-14-11-8-5-2/h27,29,56H,4-26,28,30-55H2,1-3H3/b29-27-. The second-order valence-electron chi connectivity index (χ2n) is 19.9. The Bertz CT molecular complexity index is 1010. The maximum absolute atomic E-state index is 12.8. The van der Waals surface area contributed by atoms with Crippen LogP contribution in [0.15, 0.2) is 12.2 Å². The lowest BCUT2D eigenvalue weighted by atomic mass is 10.0. The van der Waals surface area contributed by atoms with Gasteiger partial charge in [-0.3, -0.25) is 14.4 Å². The highest BCUT2D eigenvalue weighted by atomic mass is 16.6. The van der Waals surface area contributed by atoms with Crippen LogP contribution in [0.1, 0.15) is 329 Å². The molecule has 0 aromatic carbocycles. The molecule has 0 spiro atoms. The summed E-state index contributed by atoms with van der Waals surface area (Å²) < 4.78 is 16.8. The van der Waals surface area contributed by atoms with Crippen LogP contribution in [0.4, 0.5) is 0 Å². The maximum Gasteiger partial charge on any atom is 0.306 e. The molecule has 0 aliphatic rings. The number of hydrogen-bond donors (Lipinski definition) is 0. The van der Waals surface area contributed by atoms with Crippen molar-refractivity contribution in [3.63, 3.8) is 0 Å². The molecule has 6 nitrogen and oxygen atoms in total. The highest BCUT2D eigenvalue weighted by Gasteiger charge is 2.19. The van der Waals surface area contributed by atoms with Gasteiger partial charge in [-0.05, 0) is 44.9 Å². The molecule has 0 amide bonds. The second-order valence-corrected chi connectivity index (χ2v) is 19.9. The quantitative estimate of drug-likeness (QED) is 0.0262. The van der Waals surface area contributed by atoms with Crippen molar-refractivity contribution >= 4 is 17.9 Å². The third-order valence-electron chi connectivity index (χ3n) is 13.3. The van der Waals surface area contributed by atoms with Crippen molar-refractivity contribution in [1.82, 2.24) is 0 Å². The average Bonchev–Trinajstić information content (AvgIpc) is 3.30. The van der Waals surface area contributed by atoms with E-state index in [4.69, 9.17) is 14.2 Å². The van der Waals surface area contributed by atoms with E-state index >= 15 is 0 Å². The smallest absolute Gasteiger partial charge is 0.306 e. The SMILES string of the molecule is CCCCCCCCCC/C=C\CCCCCCCCCC(=O)OCC(COC(=O)CCCCCCCCCCC)OC(=O)CCCCCCCCCCCCCCCCCCCCC. The zero-order valence-electron chi connectivity index (χ0n) is 44.0. The molecular weight excluding hydrogens is 805 g/mol. The van der Waals surface area contributed by atoms with E-state index < -0.39 is 6.10 Å². The Morgan fingerprint density at radius 1 is 0.292 bits per heavy atom. The Balaban J connectivity index is 4.22. The molecule has 0 heterocycles. The third-order valence-corrected chi connectivity index (χ3v) is 13.3. The van der Waals surface area contributed by atoms with Crippen LogP contribution in [0.25, 0.3) is 0 Å². The minimum Gasteiger partial charge on any atom is -0.462 e. The van der Waals surface area contributed by atoms with Gasteiger partial charge in [0.2, 0.25) is 0 Å². The van der Waals surface area contributed by atoms with Gasteiger partial charge in [-0.1, -0.05) is 277 Å². The van der Waals surface area contributed by atoms with Gasteiger partial charge in [0, 0.05) is 19.3 Å². The first-order valence-corrected chi connectivity index (χ1v) is 29.2. The van der Waals surface area contributed by atoms with Gasteiger partial charge in [-0.25, -0.2) is 0 Å². The van der Waals surface area contributed by atoms with Crippen molar-refractivity contribution < 1.29 is 28.6 Å². The van der Waals surface area contributed by atoms with Gasteiger partial charge in [0.25, 0.3) is 0 Å². The fourth-order valence-corrected chi connectivity index (χ4v) is 8.85. The zero-order valence-corrected chi connectivity index (χ0v) is 44.0. The lowest BCUT2D eigenvalue weighted by Crippen LogP contribution is -2.30. The highest BCUT2D eigenvalue weighted by molar-refractivity contribution is 5.71. The van der Waals surface area contributed by atoms with E-state index in [2.05, 4.69) is 32.9 Å². The number of esters is 3. The van der Waals surface area contributed by atoms with Crippen LogP contribution in [0, 0.1) is 0 Å². The predicted molar refractivity (Wildman–Crippen MR) is 280 cm³/mol. The molecule has 0 N–H and O–H groups in total. The Morgan fingerprint density at radius 2 is 0.508 bits per heavy atom. The summed E-state index contributed by atoms with van der Waals surface area (Å²) in [6.45, 7) is 6.67. The Hall–Kier alpha value is -1.85. The lowest BCUT2D eigenvalue weighted by molar-refractivity contribution is -0.167. The fourth-order valence-electron chi connectivity index (χ4n) is 8.85. The summed E-state index contributed by atoms with van der Waals surface area (Å²) in [6, 6.07) is 0. The molecule has 0 aliphatic carbocycles. The van der Waals surface area contributed by atoms with Crippen LogP contribution in [0.2, 0.25) is 0 Å². The van der Waals surface area contributed by atoms with Crippen molar-refractivity contribution in [1.29, 1.82) is 0 Å². The molecule has 384 valence electrons. The molecule has 65 heavy (non-hydrogen) atoms. The molecule has 0 aliphatic heterocycles.